The highest BCUT2D eigenvalue weighted by Crippen LogP contribution is 2.40. The van der Waals surface area contributed by atoms with Gasteiger partial charge >= 0.3 is 13.7 Å². The predicted molar refractivity (Wildman–Crippen MR) is 358 cm³/mol. The molecule has 422 valence electrons. The maximum absolute atomic E-state index is 12.6. The zero-order chi connectivity index (χ0) is 59.8. The van der Waals surface area contributed by atoms with E-state index in [2.05, 4.69) is 181 Å². The number of hydrogen-bond donors (Lipinski definition) is 0. The van der Waals surface area contributed by atoms with Gasteiger partial charge in [-0.05, 0) is 59.0 Å². The van der Waals surface area contributed by atoms with Crippen LogP contribution in [0.25, 0.3) is 93.1 Å². The molecule has 0 N–H and O–H groups in total. The molecule has 14 rings (SSSR count). The zero-order valence-corrected chi connectivity index (χ0v) is 49.1. The van der Waals surface area contributed by atoms with Crippen molar-refractivity contribution in [2.75, 3.05) is 13.2 Å². The Hall–Kier alpha value is -11.1. The Morgan fingerprint density at radius 1 is 0.489 bits per heavy atom. The minimum Gasteiger partial charge on any atom is -0.493 e. The Bertz CT molecular complexity index is 4750. The maximum Gasteiger partial charge on any atom is 0.328 e. The highest BCUT2D eigenvalue weighted by Gasteiger charge is 2.38. The minimum atomic E-state index is -0.630. The van der Waals surface area contributed by atoms with E-state index in [0.717, 1.165) is 54.5 Å². The standard InChI is InChI=1S/C76H58B2N6O4/c1-49(2)47-85-59-36-22-26-53(44-59)71-66-67(74(84(71)78(57-32-14-8-15-33-57)58-34-16-9-17-35-58)70(80-5)76-82-69-62-39-21-19-25-52(62)41-43-65(69)88-76)72(54-27-23-37-60(45-54)86-48-50(3)4)83(77(55-28-10-6-11-29-55)56-30-12-7-13-31-56)73(66)63(46-79)75-81-68-61-38-20-18-24-51(61)40-42-64(68)87-75/h6-45,49-50H,47-48H2,1-4H3/b73-63-,74-70+. The van der Waals surface area contributed by atoms with E-state index in [4.69, 9.17) is 28.3 Å². The largest absolute Gasteiger partial charge is 0.493 e. The molecule has 4 heterocycles. The molecule has 10 nitrogen and oxygen atoms in total. The summed E-state index contributed by atoms with van der Waals surface area (Å²) >= 11 is 0. The number of nitrogens with zero attached hydrogens (tertiary/aromatic N) is 6. The van der Waals surface area contributed by atoms with Crippen LogP contribution >= 0.6 is 0 Å². The Labute approximate surface area is 510 Å². The Balaban J connectivity index is 1.31. The molecule has 0 fully saturated rings. The third-order valence-corrected chi connectivity index (χ3v) is 16.2. The normalized spacial score (nSPS) is 12.3. The summed E-state index contributed by atoms with van der Waals surface area (Å²) in [4.78, 5) is 15.4. The molecular formula is C76H58B2N6O4. The number of nitriles is 1. The maximum atomic E-state index is 12.6. The van der Waals surface area contributed by atoms with Crippen LogP contribution < -0.4 is 42.0 Å². The average molecular weight is 1140 g/mol. The van der Waals surface area contributed by atoms with Crippen molar-refractivity contribution in [3.63, 3.8) is 0 Å². The number of aromatic nitrogens is 4. The van der Waals surface area contributed by atoms with Gasteiger partial charge in [0.15, 0.2) is 11.2 Å². The highest BCUT2D eigenvalue weighted by atomic mass is 16.5. The van der Waals surface area contributed by atoms with Crippen molar-refractivity contribution in [2.45, 2.75) is 27.7 Å². The molecule has 0 aliphatic carbocycles. The van der Waals surface area contributed by atoms with Crippen LogP contribution in [0.3, 0.4) is 0 Å². The number of rotatable bonds is 16. The van der Waals surface area contributed by atoms with Crippen LogP contribution in [0.4, 0.5) is 0 Å². The first-order valence-corrected chi connectivity index (χ1v) is 29.8. The summed E-state index contributed by atoms with van der Waals surface area (Å²) in [6, 6.07) is 84.8. The van der Waals surface area contributed by atoms with Crippen LogP contribution in [-0.2, 0) is 0 Å². The number of fused-ring (bicyclic) bond motifs is 7. The SMILES string of the molecule is [C-]#[N+]/C(c1nc2c(ccc3ccccc32)o1)=c1\c2c(-c3cccc(OCC(C)C)c3)n(B(c3ccccc3)c3ccccc3)/c(=C(/C#N)c3nc4c(ccc5ccccc54)o3)c2c(-c2cccc(OCC(C)C)c2)n1B(c1ccccc1)c1ccccc1. The molecule has 0 spiro atoms. The van der Waals surface area contributed by atoms with Crippen molar-refractivity contribution in [3.8, 4) is 40.1 Å². The van der Waals surface area contributed by atoms with Crippen molar-refractivity contribution in [3.05, 3.63) is 277 Å². The van der Waals surface area contributed by atoms with Crippen molar-refractivity contribution in [1.29, 1.82) is 5.26 Å². The minimum absolute atomic E-state index is 0.132. The molecule has 0 radical (unpaired) electrons. The molecule has 10 aromatic carbocycles. The van der Waals surface area contributed by atoms with Gasteiger partial charge in [0.25, 0.3) is 5.70 Å². The molecule has 12 heteroatoms. The number of hydrogen-bond acceptors (Lipinski definition) is 7. The molecule has 0 unspecified atom stereocenters. The summed E-state index contributed by atoms with van der Waals surface area (Å²) in [6.07, 6.45) is 0. The average Bonchev–Trinajstić information content (AvgIpc) is 1.52. The highest BCUT2D eigenvalue weighted by molar-refractivity contribution is 6.85. The monoisotopic (exact) mass is 1140 g/mol. The summed E-state index contributed by atoms with van der Waals surface area (Å²) in [5, 5.41) is 18.6. The van der Waals surface area contributed by atoms with E-state index < -0.39 is 13.7 Å². The van der Waals surface area contributed by atoms with E-state index in [0.29, 0.717) is 79.8 Å². The van der Waals surface area contributed by atoms with Gasteiger partial charge in [-0.1, -0.05) is 256 Å². The lowest BCUT2D eigenvalue weighted by Gasteiger charge is -2.24. The fourth-order valence-corrected chi connectivity index (χ4v) is 12.4. The van der Waals surface area contributed by atoms with Crippen LogP contribution in [0.15, 0.2) is 251 Å². The lowest BCUT2D eigenvalue weighted by atomic mass is 9.50. The summed E-state index contributed by atoms with van der Waals surface area (Å²) in [6.45, 7) is 18.0. The van der Waals surface area contributed by atoms with Crippen molar-refractivity contribution in [2.24, 2.45) is 11.8 Å². The molecule has 0 aliphatic heterocycles. The van der Waals surface area contributed by atoms with Crippen LogP contribution in [-0.4, -0.2) is 45.8 Å². The molecule has 0 aliphatic rings. The van der Waals surface area contributed by atoms with Gasteiger partial charge in [-0.3, -0.25) is 0 Å². The topological polar surface area (TPSA) is 109 Å². The fourth-order valence-electron chi connectivity index (χ4n) is 12.4. The first kappa shape index (κ1) is 54.8. The van der Waals surface area contributed by atoms with Crippen LogP contribution in [0.1, 0.15) is 39.5 Å². The van der Waals surface area contributed by atoms with Gasteiger partial charge in [-0.2, -0.15) is 5.26 Å². The molecule has 0 amide bonds. The molecule has 0 bridgehead atoms. The lowest BCUT2D eigenvalue weighted by molar-refractivity contribution is 0.271. The quantitative estimate of drug-likeness (QED) is 0.0700. The van der Waals surface area contributed by atoms with E-state index in [9.17, 15) is 11.8 Å². The smallest absolute Gasteiger partial charge is 0.328 e. The van der Waals surface area contributed by atoms with Gasteiger partial charge in [-0.15, -0.1) is 0 Å². The third kappa shape index (κ3) is 9.94. The van der Waals surface area contributed by atoms with Crippen LogP contribution in [0, 0.1) is 29.7 Å². The Kier molecular flexibility index (Phi) is 14.6. The molecule has 88 heavy (non-hydrogen) atoms. The van der Waals surface area contributed by atoms with Crippen molar-refractivity contribution >= 4 is 101 Å². The Morgan fingerprint density at radius 3 is 1.32 bits per heavy atom. The first-order chi connectivity index (χ1) is 43.2. The molecule has 0 saturated heterocycles. The van der Waals surface area contributed by atoms with Gasteiger partial charge in [0.1, 0.15) is 34.2 Å². The lowest BCUT2D eigenvalue weighted by Crippen LogP contribution is -2.54. The van der Waals surface area contributed by atoms with E-state index in [1.807, 2.05) is 109 Å². The third-order valence-electron chi connectivity index (χ3n) is 16.2. The van der Waals surface area contributed by atoms with Gasteiger partial charge in [0.05, 0.1) is 30.5 Å². The predicted octanol–water partition coefficient (Wildman–Crippen LogP) is 13.5. The van der Waals surface area contributed by atoms with Gasteiger partial charge in [0.2, 0.25) is 11.8 Å². The number of benzene rings is 10. The van der Waals surface area contributed by atoms with Gasteiger partial charge in [-0.25, -0.2) is 14.8 Å². The van der Waals surface area contributed by atoms with Gasteiger partial charge < -0.3 is 27.3 Å². The zero-order valence-electron chi connectivity index (χ0n) is 49.1. The van der Waals surface area contributed by atoms with Gasteiger partial charge in [0, 0.05) is 44.1 Å². The number of ether oxygens (including phenoxy) is 2. The van der Waals surface area contributed by atoms with Crippen LogP contribution in [0.5, 0.6) is 11.5 Å². The second kappa shape index (κ2) is 23.4. The first-order valence-electron chi connectivity index (χ1n) is 29.8. The molecule has 0 atom stereocenters. The van der Waals surface area contributed by atoms with Crippen molar-refractivity contribution < 1.29 is 18.3 Å². The van der Waals surface area contributed by atoms with E-state index in [-0.39, 0.29) is 34.9 Å². The Morgan fingerprint density at radius 2 is 0.886 bits per heavy atom. The van der Waals surface area contributed by atoms with E-state index in [1.54, 1.807) is 0 Å². The van der Waals surface area contributed by atoms with Crippen LogP contribution in [0.2, 0.25) is 0 Å². The van der Waals surface area contributed by atoms with E-state index >= 15 is 0 Å². The summed E-state index contributed by atoms with van der Waals surface area (Å²) in [5.74, 6) is 2.04. The van der Waals surface area contributed by atoms with Crippen molar-refractivity contribution in [1.82, 2.24) is 18.9 Å². The number of oxazole rings is 2. The molecule has 14 aromatic rings. The molecular weight excluding hydrogens is 1080 g/mol. The molecule has 0 saturated carbocycles. The second-order valence-corrected chi connectivity index (χ2v) is 23.0. The second-order valence-electron chi connectivity index (χ2n) is 23.0. The molecule has 4 aromatic heterocycles. The summed E-state index contributed by atoms with van der Waals surface area (Å²) < 4.78 is 32.0. The summed E-state index contributed by atoms with van der Waals surface area (Å²) in [5.41, 5.74) is 9.31. The van der Waals surface area contributed by atoms with E-state index in [1.165, 1.54) is 0 Å². The summed E-state index contributed by atoms with van der Waals surface area (Å²) in [7, 11) is 0. The fraction of sp³-hybridized carbons (Fsp3) is 0.105.